The van der Waals surface area contributed by atoms with Gasteiger partial charge in [0.2, 0.25) is 0 Å². The largest absolute Gasteiger partial charge is 0.176 e. The first-order valence-electron chi connectivity index (χ1n) is 4.69. The second-order valence-electron chi connectivity index (χ2n) is 3.37. The van der Waals surface area contributed by atoms with Crippen molar-refractivity contribution in [2.45, 2.75) is 50.7 Å². The van der Waals surface area contributed by atoms with E-state index in [2.05, 4.69) is 25.6 Å². The molecule has 1 heteroatoms. The lowest BCUT2D eigenvalue weighted by molar-refractivity contribution is 0.661. The Morgan fingerprint density at radius 1 is 1.55 bits per heavy atom. The molecule has 0 aromatic heterocycles. The van der Waals surface area contributed by atoms with Gasteiger partial charge in [-0.25, -0.2) is 0 Å². The second-order valence-corrected chi connectivity index (χ2v) is 4.10. The maximum atomic E-state index is 4.50. The predicted octanol–water partition coefficient (Wildman–Crippen LogP) is 3.59. The molecule has 0 saturated carbocycles. The van der Waals surface area contributed by atoms with E-state index >= 15 is 0 Å². The summed E-state index contributed by atoms with van der Waals surface area (Å²) in [6.07, 6.45) is 10.3. The average molecular weight is 170 g/mol. The highest BCUT2D eigenvalue weighted by Crippen LogP contribution is 2.23. The van der Waals surface area contributed by atoms with Crippen LogP contribution >= 0.6 is 12.6 Å². The van der Waals surface area contributed by atoms with Crippen LogP contribution in [0.2, 0.25) is 0 Å². The molecule has 0 fully saturated rings. The van der Waals surface area contributed by atoms with E-state index in [1.165, 1.54) is 38.5 Å². The molecule has 0 radical (unpaired) electrons. The van der Waals surface area contributed by atoms with Crippen molar-refractivity contribution in [3.05, 3.63) is 11.6 Å². The normalized spacial score (nSPS) is 21.1. The lowest BCUT2D eigenvalue weighted by Crippen LogP contribution is -2.01. The van der Waals surface area contributed by atoms with Crippen LogP contribution in [-0.4, -0.2) is 5.25 Å². The van der Waals surface area contributed by atoms with Crippen LogP contribution in [0.4, 0.5) is 0 Å². The van der Waals surface area contributed by atoms with Gasteiger partial charge in [0.05, 0.1) is 0 Å². The minimum atomic E-state index is 0.597. The van der Waals surface area contributed by atoms with Crippen LogP contribution in [0.3, 0.4) is 0 Å². The lowest BCUT2D eigenvalue weighted by Gasteiger charge is -2.15. The molecule has 0 N–H and O–H groups in total. The molecule has 0 amide bonds. The van der Waals surface area contributed by atoms with Crippen LogP contribution in [0.1, 0.15) is 45.4 Å². The van der Waals surface area contributed by atoms with E-state index in [9.17, 15) is 0 Å². The molecule has 11 heavy (non-hydrogen) atoms. The van der Waals surface area contributed by atoms with E-state index in [1.807, 2.05) is 0 Å². The summed E-state index contributed by atoms with van der Waals surface area (Å²) >= 11 is 4.50. The van der Waals surface area contributed by atoms with Crippen molar-refractivity contribution < 1.29 is 0 Å². The van der Waals surface area contributed by atoms with Crippen LogP contribution in [0.15, 0.2) is 11.6 Å². The van der Waals surface area contributed by atoms with E-state index in [0.29, 0.717) is 5.25 Å². The van der Waals surface area contributed by atoms with Crippen LogP contribution in [0, 0.1) is 0 Å². The van der Waals surface area contributed by atoms with E-state index < -0.39 is 0 Å². The molecular weight excluding hydrogens is 152 g/mol. The topological polar surface area (TPSA) is 0 Å². The van der Waals surface area contributed by atoms with E-state index in [0.717, 1.165) is 0 Å². The monoisotopic (exact) mass is 170 g/mol. The van der Waals surface area contributed by atoms with Gasteiger partial charge in [-0.2, -0.15) is 12.6 Å². The molecular formula is C10H18S. The molecule has 64 valence electrons. The fourth-order valence-electron chi connectivity index (χ4n) is 1.54. The van der Waals surface area contributed by atoms with Crippen LogP contribution in [0.5, 0.6) is 0 Å². The van der Waals surface area contributed by atoms with E-state index in [1.54, 1.807) is 5.57 Å². The average Bonchev–Trinajstić information content (AvgIpc) is 2.06. The third-order valence-corrected chi connectivity index (χ3v) is 2.90. The minimum absolute atomic E-state index is 0.597. The Bertz CT molecular complexity index is 138. The SMILES string of the molecule is CCC(S)CC1=CCCCC1. The highest BCUT2D eigenvalue weighted by atomic mass is 32.1. The first kappa shape index (κ1) is 9.18. The maximum absolute atomic E-state index is 4.50. The number of allylic oxidation sites excluding steroid dienone is 2. The van der Waals surface area contributed by atoms with Gasteiger partial charge in [0.15, 0.2) is 0 Å². The first-order chi connectivity index (χ1) is 5.33. The van der Waals surface area contributed by atoms with Crippen LogP contribution in [-0.2, 0) is 0 Å². The van der Waals surface area contributed by atoms with Gasteiger partial charge in [0, 0.05) is 5.25 Å². The summed E-state index contributed by atoms with van der Waals surface area (Å²) in [5, 5.41) is 0.597. The molecule has 1 aliphatic carbocycles. The van der Waals surface area contributed by atoms with Gasteiger partial charge in [-0.05, 0) is 38.5 Å². The van der Waals surface area contributed by atoms with Crippen LogP contribution < -0.4 is 0 Å². The number of hydrogen-bond acceptors (Lipinski definition) is 1. The molecule has 1 atom stereocenters. The summed E-state index contributed by atoms with van der Waals surface area (Å²) in [5.74, 6) is 0. The van der Waals surface area contributed by atoms with E-state index in [4.69, 9.17) is 0 Å². The van der Waals surface area contributed by atoms with Crippen molar-refractivity contribution in [2.24, 2.45) is 0 Å². The molecule has 0 aromatic rings. The summed E-state index contributed by atoms with van der Waals surface area (Å²) in [4.78, 5) is 0. The van der Waals surface area contributed by atoms with E-state index in [-0.39, 0.29) is 0 Å². The second kappa shape index (κ2) is 4.87. The van der Waals surface area contributed by atoms with Gasteiger partial charge >= 0.3 is 0 Å². The molecule has 1 aliphatic rings. The van der Waals surface area contributed by atoms with Crippen LogP contribution in [0.25, 0.3) is 0 Å². The molecule has 0 spiro atoms. The van der Waals surface area contributed by atoms with Crippen molar-refractivity contribution >= 4 is 12.6 Å². The van der Waals surface area contributed by atoms with Crippen molar-refractivity contribution in [2.75, 3.05) is 0 Å². The lowest BCUT2D eigenvalue weighted by atomic mass is 9.95. The zero-order chi connectivity index (χ0) is 8.10. The molecule has 1 rings (SSSR count). The molecule has 0 aliphatic heterocycles. The highest BCUT2D eigenvalue weighted by Gasteiger charge is 2.07. The van der Waals surface area contributed by atoms with Gasteiger partial charge in [0.1, 0.15) is 0 Å². The predicted molar refractivity (Wildman–Crippen MR) is 54.2 cm³/mol. The minimum Gasteiger partial charge on any atom is -0.176 e. The highest BCUT2D eigenvalue weighted by molar-refractivity contribution is 7.80. The third-order valence-electron chi connectivity index (χ3n) is 2.35. The summed E-state index contributed by atoms with van der Waals surface area (Å²) in [5.41, 5.74) is 1.65. The molecule has 0 aromatic carbocycles. The first-order valence-corrected chi connectivity index (χ1v) is 5.20. The fourth-order valence-corrected chi connectivity index (χ4v) is 1.77. The zero-order valence-corrected chi connectivity index (χ0v) is 8.24. The smallest absolute Gasteiger partial charge is 0.00513 e. The number of hydrogen-bond donors (Lipinski definition) is 1. The Morgan fingerprint density at radius 2 is 2.36 bits per heavy atom. The van der Waals surface area contributed by atoms with Gasteiger partial charge < -0.3 is 0 Å². The Morgan fingerprint density at radius 3 is 2.91 bits per heavy atom. The van der Waals surface area contributed by atoms with Gasteiger partial charge in [-0.15, -0.1) is 0 Å². The molecule has 0 heterocycles. The van der Waals surface area contributed by atoms with Crippen molar-refractivity contribution in [3.63, 3.8) is 0 Å². The van der Waals surface area contributed by atoms with Gasteiger partial charge in [0.25, 0.3) is 0 Å². The Balaban J connectivity index is 2.29. The number of rotatable bonds is 3. The maximum Gasteiger partial charge on any atom is 0.00513 e. The molecule has 1 unspecified atom stereocenters. The molecule has 0 saturated heterocycles. The summed E-state index contributed by atoms with van der Waals surface area (Å²) in [7, 11) is 0. The van der Waals surface area contributed by atoms with Gasteiger partial charge in [-0.1, -0.05) is 18.6 Å². The molecule has 0 nitrogen and oxygen atoms in total. The quantitative estimate of drug-likeness (QED) is 0.485. The fraction of sp³-hybridized carbons (Fsp3) is 0.800. The molecule has 0 bridgehead atoms. The Labute approximate surface area is 75.5 Å². The Hall–Kier alpha value is 0.0900. The number of thiol groups is 1. The Kier molecular flexibility index (Phi) is 4.06. The van der Waals surface area contributed by atoms with Crippen molar-refractivity contribution in [3.8, 4) is 0 Å². The summed E-state index contributed by atoms with van der Waals surface area (Å²) in [6, 6.07) is 0. The van der Waals surface area contributed by atoms with Crippen molar-refractivity contribution in [1.82, 2.24) is 0 Å². The zero-order valence-electron chi connectivity index (χ0n) is 7.34. The van der Waals surface area contributed by atoms with Gasteiger partial charge in [-0.3, -0.25) is 0 Å². The standard InChI is InChI=1S/C10H18S/c1-2-10(11)8-9-6-4-3-5-7-9/h6,10-11H,2-5,7-8H2,1H3. The summed E-state index contributed by atoms with van der Waals surface area (Å²) in [6.45, 7) is 2.21. The summed E-state index contributed by atoms with van der Waals surface area (Å²) < 4.78 is 0. The van der Waals surface area contributed by atoms with Crippen molar-refractivity contribution in [1.29, 1.82) is 0 Å². The third kappa shape index (κ3) is 3.33.